The largest absolute Gasteiger partial charge is 0.397 e. The third-order valence-corrected chi connectivity index (χ3v) is 4.41. The van der Waals surface area contributed by atoms with E-state index < -0.39 is 0 Å². The molecule has 2 heterocycles. The fourth-order valence-electron chi connectivity index (χ4n) is 1.99. The zero-order chi connectivity index (χ0) is 13.4. The average molecular weight is 276 g/mol. The minimum atomic E-state index is 0.126. The Bertz CT molecular complexity index is 586. The summed E-state index contributed by atoms with van der Waals surface area (Å²) >= 11 is 1.45. The first-order valence-corrected chi connectivity index (χ1v) is 7.15. The molecule has 1 aliphatic rings. The van der Waals surface area contributed by atoms with Crippen molar-refractivity contribution in [1.82, 2.24) is 10.2 Å². The summed E-state index contributed by atoms with van der Waals surface area (Å²) < 4.78 is 0. The van der Waals surface area contributed by atoms with Crippen LogP contribution in [0.4, 0.5) is 10.7 Å². The van der Waals surface area contributed by atoms with Crippen molar-refractivity contribution in [3.05, 3.63) is 28.9 Å². The van der Waals surface area contributed by atoms with Crippen LogP contribution in [0.5, 0.6) is 0 Å². The number of aromatic nitrogens is 2. The molecule has 3 rings (SSSR count). The molecule has 2 aromatic heterocycles. The van der Waals surface area contributed by atoms with Crippen LogP contribution < -0.4 is 11.1 Å². The third-order valence-electron chi connectivity index (χ3n) is 3.31. The molecule has 6 heteroatoms. The summed E-state index contributed by atoms with van der Waals surface area (Å²) in [5.41, 5.74) is 7.59. The molecule has 2 aromatic rings. The van der Waals surface area contributed by atoms with Crippen molar-refractivity contribution in [2.45, 2.75) is 25.8 Å². The van der Waals surface area contributed by atoms with Crippen LogP contribution in [-0.2, 0) is 0 Å². The van der Waals surface area contributed by atoms with E-state index in [1.165, 1.54) is 11.3 Å². The number of Topliss-reactive ketones (excluding diaryl/α,β-unsaturated/α-hetero) is 1. The van der Waals surface area contributed by atoms with Gasteiger partial charge in [0.2, 0.25) is 0 Å². The Morgan fingerprint density at radius 1 is 1.63 bits per heavy atom. The Balaban J connectivity index is 1.75. The van der Waals surface area contributed by atoms with E-state index in [0.717, 1.165) is 23.4 Å². The highest BCUT2D eigenvalue weighted by Crippen LogP contribution is 2.39. The summed E-state index contributed by atoms with van der Waals surface area (Å²) in [6.07, 6.45) is 5.64. The standard InChI is InChI=1S/C13H16N4OS/c1-7(9-5-15-16-6-9)17-11-4-10(14)13(19-11)12(18)8-2-3-8/h4-8,17H,2-3,14H2,1H3,(H,15,16). The monoisotopic (exact) mass is 276 g/mol. The fraction of sp³-hybridized carbons (Fsp3) is 0.385. The second kappa shape index (κ2) is 4.70. The van der Waals surface area contributed by atoms with Gasteiger partial charge < -0.3 is 11.1 Å². The average Bonchev–Trinajstić information content (AvgIpc) is 2.95. The van der Waals surface area contributed by atoms with Gasteiger partial charge in [0.1, 0.15) is 0 Å². The van der Waals surface area contributed by atoms with Crippen LogP contribution in [0, 0.1) is 5.92 Å². The summed E-state index contributed by atoms with van der Waals surface area (Å²) in [5, 5.41) is 11.0. The van der Waals surface area contributed by atoms with Crippen molar-refractivity contribution < 1.29 is 4.79 Å². The lowest BCUT2D eigenvalue weighted by Crippen LogP contribution is -2.04. The second-order valence-electron chi connectivity index (χ2n) is 4.93. The number of anilines is 2. The molecule has 0 amide bonds. The molecular formula is C13H16N4OS. The van der Waals surface area contributed by atoms with Crippen molar-refractivity contribution in [1.29, 1.82) is 0 Å². The minimum absolute atomic E-state index is 0.126. The molecule has 1 unspecified atom stereocenters. The Labute approximate surface area is 115 Å². The van der Waals surface area contributed by atoms with Gasteiger partial charge in [-0.05, 0) is 25.8 Å². The maximum Gasteiger partial charge on any atom is 0.178 e. The lowest BCUT2D eigenvalue weighted by Gasteiger charge is -2.10. The van der Waals surface area contributed by atoms with Crippen LogP contribution in [-0.4, -0.2) is 16.0 Å². The number of hydrogen-bond donors (Lipinski definition) is 3. The first-order valence-electron chi connectivity index (χ1n) is 6.34. The Morgan fingerprint density at radius 2 is 2.42 bits per heavy atom. The van der Waals surface area contributed by atoms with E-state index in [0.29, 0.717) is 10.6 Å². The van der Waals surface area contributed by atoms with E-state index in [-0.39, 0.29) is 17.7 Å². The molecule has 100 valence electrons. The number of hydrogen-bond acceptors (Lipinski definition) is 5. The Kier molecular flexibility index (Phi) is 3.02. The number of rotatable bonds is 5. The molecule has 1 saturated carbocycles. The first-order chi connectivity index (χ1) is 9.15. The van der Waals surface area contributed by atoms with Crippen molar-refractivity contribution in [3.8, 4) is 0 Å². The van der Waals surface area contributed by atoms with Crippen molar-refractivity contribution in [2.24, 2.45) is 5.92 Å². The van der Waals surface area contributed by atoms with Gasteiger partial charge in [0.25, 0.3) is 0 Å². The lowest BCUT2D eigenvalue weighted by atomic mass is 10.2. The van der Waals surface area contributed by atoms with E-state index in [1.807, 2.05) is 19.2 Å². The topological polar surface area (TPSA) is 83.8 Å². The van der Waals surface area contributed by atoms with E-state index >= 15 is 0 Å². The van der Waals surface area contributed by atoms with Crippen molar-refractivity contribution in [3.63, 3.8) is 0 Å². The predicted molar refractivity (Wildman–Crippen MR) is 76.4 cm³/mol. The van der Waals surface area contributed by atoms with Gasteiger partial charge in [0, 0.05) is 17.7 Å². The normalized spacial score (nSPS) is 16.3. The Morgan fingerprint density at radius 3 is 3.05 bits per heavy atom. The van der Waals surface area contributed by atoms with Crippen LogP contribution in [0.25, 0.3) is 0 Å². The summed E-state index contributed by atoms with van der Waals surface area (Å²) in [5.74, 6) is 0.409. The molecule has 0 spiro atoms. The highest BCUT2D eigenvalue weighted by molar-refractivity contribution is 7.18. The summed E-state index contributed by atoms with van der Waals surface area (Å²) in [7, 11) is 0. The molecule has 1 fully saturated rings. The van der Waals surface area contributed by atoms with Gasteiger partial charge in [-0.15, -0.1) is 11.3 Å². The molecule has 19 heavy (non-hydrogen) atoms. The number of H-pyrrole nitrogens is 1. The SMILES string of the molecule is CC(Nc1cc(N)c(C(=O)C2CC2)s1)c1cn[nH]c1. The molecule has 1 atom stereocenters. The number of nitrogen functional groups attached to an aromatic ring is 1. The van der Waals surface area contributed by atoms with Crippen molar-refractivity contribution >= 4 is 27.8 Å². The second-order valence-corrected chi connectivity index (χ2v) is 5.98. The summed E-state index contributed by atoms with van der Waals surface area (Å²) in [6.45, 7) is 2.04. The van der Waals surface area contributed by atoms with Gasteiger partial charge in [-0.3, -0.25) is 9.89 Å². The molecule has 5 nitrogen and oxygen atoms in total. The van der Waals surface area contributed by atoms with Gasteiger partial charge in [0.15, 0.2) is 5.78 Å². The predicted octanol–water partition coefficient (Wildman–Crippen LogP) is 2.82. The van der Waals surface area contributed by atoms with Gasteiger partial charge in [-0.1, -0.05) is 0 Å². The number of nitrogens with two attached hydrogens (primary N) is 1. The highest BCUT2D eigenvalue weighted by atomic mass is 32.1. The molecule has 0 saturated heterocycles. The summed E-state index contributed by atoms with van der Waals surface area (Å²) in [4.78, 5) is 12.7. The minimum Gasteiger partial charge on any atom is -0.397 e. The maximum absolute atomic E-state index is 12.0. The molecule has 0 aliphatic heterocycles. The third kappa shape index (κ3) is 2.49. The van der Waals surface area contributed by atoms with E-state index in [2.05, 4.69) is 15.5 Å². The molecular weight excluding hydrogens is 260 g/mol. The number of carbonyl (C=O) groups is 1. The number of nitrogens with zero attached hydrogens (tertiary/aromatic N) is 1. The highest BCUT2D eigenvalue weighted by Gasteiger charge is 2.32. The van der Waals surface area contributed by atoms with Crippen LogP contribution >= 0.6 is 11.3 Å². The molecule has 0 radical (unpaired) electrons. The van der Waals surface area contributed by atoms with E-state index in [9.17, 15) is 4.79 Å². The van der Waals surface area contributed by atoms with Gasteiger partial charge >= 0.3 is 0 Å². The van der Waals surface area contributed by atoms with Crippen LogP contribution in [0.15, 0.2) is 18.5 Å². The fourth-order valence-corrected chi connectivity index (χ4v) is 3.08. The maximum atomic E-state index is 12.0. The number of thiophene rings is 1. The first kappa shape index (κ1) is 12.2. The molecule has 0 bridgehead atoms. The number of nitrogens with one attached hydrogen (secondary N) is 2. The molecule has 1 aliphatic carbocycles. The Hall–Kier alpha value is -1.82. The van der Waals surface area contributed by atoms with E-state index in [4.69, 9.17) is 5.73 Å². The molecule has 0 aromatic carbocycles. The van der Waals surface area contributed by atoms with Crippen molar-refractivity contribution in [2.75, 3.05) is 11.1 Å². The zero-order valence-electron chi connectivity index (χ0n) is 10.6. The van der Waals surface area contributed by atoms with Gasteiger partial charge in [-0.2, -0.15) is 5.10 Å². The van der Waals surface area contributed by atoms with Gasteiger partial charge in [-0.25, -0.2) is 0 Å². The number of ketones is 1. The van der Waals surface area contributed by atoms with Crippen LogP contribution in [0.2, 0.25) is 0 Å². The zero-order valence-corrected chi connectivity index (χ0v) is 11.5. The van der Waals surface area contributed by atoms with Crippen LogP contribution in [0.3, 0.4) is 0 Å². The lowest BCUT2D eigenvalue weighted by molar-refractivity contribution is 0.0972. The summed E-state index contributed by atoms with van der Waals surface area (Å²) in [6, 6.07) is 1.97. The molecule has 4 N–H and O–H groups in total. The van der Waals surface area contributed by atoms with Crippen LogP contribution in [0.1, 0.15) is 41.0 Å². The van der Waals surface area contributed by atoms with Gasteiger partial charge in [0.05, 0.1) is 27.8 Å². The smallest absolute Gasteiger partial charge is 0.178 e. The quantitative estimate of drug-likeness (QED) is 0.733. The number of aromatic amines is 1. The number of carbonyl (C=O) groups excluding carboxylic acids is 1. The van der Waals surface area contributed by atoms with E-state index in [1.54, 1.807) is 6.20 Å².